The first-order chi connectivity index (χ1) is 37.1. The van der Waals surface area contributed by atoms with Gasteiger partial charge < -0.3 is 29.1 Å². The highest BCUT2D eigenvalue weighted by Crippen LogP contribution is 2.49. The number of nitrogens with zero attached hydrogens (tertiary/aromatic N) is 4. The number of hydrogen-bond donors (Lipinski definition) is 0. The molecule has 0 aliphatic carbocycles. The van der Waals surface area contributed by atoms with Crippen molar-refractivity contribution in [2.75, 3.05) is 19.6 Å². The van der Waals surface area contributed by atoms with Crippen LogP contribution in [0.25, 0.3) is 0 Å². The molecule has 0 unspecified atom stereocenters. The molecule has 4 aliphatic rings. The molecule has 8 heteroatoms. The summed E-state index contributed by atoms with van der Waals surface area (Å²) in [7, 11) is 0. The summed E-state index contributed by atoms with van der Waals surface area (Å²) < 4.78 is 14.3. The molecule has 0 saturated heterocycles. The smallest absolute Gasteiger partial charge is 0.256 e. The van der Waals surface area contributed by atoms with Gasteiger partial charge in [-0.25, -0.2) is 0 Å². The summed E-state index contributed by atoms with van der Waals surface area (Å²) in [5, 5.41) is 0. The average molecular weight is 963 g/mol. The van der Waals surface area contributed by atoms with E-state index in [-0.39, 0.29) is 13.4 Å². The van der Waals surface area contributed by atoms with E-state index in [1.54, 1.807) is 6.08 Å². The minimum atomic E-state index is -0.152. The zero-order valence-electron chi connectivity index (χ0n) is 41.3. The molecule has 354 valence electrons. The number of rotatable bonds is 10. The van der Waals surface area contributed by atoms with E-state index in [0.29, 0.717) is 0 Å². The number of ether oxygens (including phenoxy) is 2. The van der Waals surface area contributed by atoms with Gasteiger partial charge in [0.05, 0.1) is 11.4 Å². The van der Waals surface area contributed by atoms with Gasteiger partial charge in [-0.1, -0.05) is 158 Å². The molecule has 0 saturated carbocycles. The monoisotopic (exact) mass is 962 g/mol. The maximum atomic E-state index is 7.15. The molecule has 75 heavy (non-hydrogen) atoms. The highest BCUT2D eigenvalue weighted by molar-refractivity contribution is 7.02. The number of anilines is 11. The van der Waals surface area contributed by atoms with Crippen LogP contribution in [-0.4, -0.2) is 13.4 Å². The van der Waals surface area contributed by atoms with Crippen molar-refractivity contribution in [3.05, 3.63) is 273 Å². The maximum Gasteiger partial charge on any atom is 0.256 e. The molecule has 0 amide bonds. The lowest BCUT2D eigenvalue weighted by Crippen LogP contribution is -2.63. The summed E-state index contributed by atoms with van der Waals surface area (Å²) in [4.78, 5) is 9.59. The fourth-order valence-corrected chi connectivity index (χ4v) is 11.9. The molecular formula is C67H48B2N4O2. The lowest BCUT2D eigenvalue weighted by molar-refractivity contribution is 0.487. The summed E-state index contributed by atoms with van der Waals surface area (Å²) in [5.74, 6) is 3.37. The van der Waals surface area contributed by atoms with Crippen LogP contribution in [-0.2, 0) is 0 Å². The zero-order chi connectivity index (χ0) is 50.0. The molecule has 0 fully saturated rings. The Bertz CT molecular complexity index is 3870. The van der Waals surface area contributed by atoms with Crippen molar-refractivity contribution in [3.8, 4) is 23.0 Å². The highest BCUT2D eigenvalue weighted by atomic mass is 16.5. The second-order valence-corrected chi connectivity index (χ2v) is 19.3. The Morgan fingerprint density at radius 2 is 0.827 bits per heavy atom. The zero-order valence-corrected chi connectivity index (χ0v) is 41.3. The standard InChI is InChI=1S/C67H48B2N4O2/c1-3-4-10-25-46(2)70(47-26-11-5-12-27-47)52-40-60-66-64(42-52)74-62-38-23-21-36-54(62)68(66)56-44-57-59(45-58(56)72(60)50-32-17-8-18-33-50)73(51-34-19-9-20-35-51)61-41-53(43-65-67(61)69(57)55-37-22-24-39-63(55)75-65)71(48-28-13-6-14-29-48)49-30-15-7-16-31-49/h3-45H,1H2,2H3/b10-4-,46-25+. The van der Waals surface area contributed by atoms with Crippen molar-refractivity contribution in [1.82, 2.24) is 0 Å². The highest BCUT2D eigenvalue weighted by Gasteiger charge is 2.47. The van der Waals surface area contributed by atoms with Crippen LogP contribution in [0.2, 0.25) is 0 Å². The molecule has 0 aromatic heterocycles. The Hall–Kier alpha value is -9.65. The van der Waals surface area contributed by atoms with Crippen LogP contribution in [0.4, 0.5) is 62.6 Å². The van der Waals surface area contributed by atoms with E-state index in [1.807, 2.05) is 12.2 Å². The van der Waals surface area contributed by atoms with Gasteiger partial charge in [-0.2, -0.15) is 0 Å². The van der Waals surface area contributed by atoms with E-state index in [9.17, 15) is 0 Å². The lowest BCUT2D eigenvalue weighted by Gasteiger charge is -2.45. The molecule has 10 aromatic carbocycles. The molecule has 6 nitrogen and oxygen atoms in total. The Morgan fingerprint density at radius 1 is 0.400 bits per heavy atom. The Morgan fingerprint density at radius 3 is 1.32 bits per heavy atom. The number of benzene rings is 10. The molecule has 0 atom stereocenters. The maximum absolute atomic E-state index is 7.15. The van der Waals surface area contributed by atoms with E-state index in [4.69, 9.17) is 9.47 Å². The molecule has 14 rings (SSSR count). The van der Waals surface area contributed by atoms with Gasteiger partial charge in [0.25, 0.3) is 13.4 Å². The number of hydrogen-bond acceptors (Lipinski definition) is 6. The van der Waals surface area contributed by atoms with Crippen LogP contribution < -0.4 is 61.9 Å². The summed E-state index contributed by atoms with van der Waals surface area (Å²) in [5.41, 5.74) is 19.5. The van der Waals surface area contributed by atoms with Gasteiger partial charge in [0.2, 0.25) is 0 Å². The fraction of sp³-hybridized carbons (Fsp3) is 0.0149. The minimum Gasteiger partial charge on any atom is -0.458 e. The van der Waals surface area contributed by atoms with Crippen molar-refractivity contribution in [2.45, 2.75) is 6.92 Å². The van der Waals surface area contributed by atoms with E-state index < -0.39 is 0 Å². The van der Waals surface area contributed by atoms with Gasteiger partial charge >= 0.3 is 0 Å². The van der Waals surface area contributed by atoms with Crippen LogP contribution in [0.15, 0.2) is 273 Å². The van der Waals surface area contributed by atoms with Crippen LogP contribution in [0.1, 0.15) is 6.92 Å². The molecule has 4 heterocycles. The van der Waals surface area contributed by atoms with Crippen molar-refractivity contribution >= 4 is 109 Å². The predicted molar refractivity (Wildman–Crippen MR) is 315 cm³/mol. The van der Waals surface area contributed by atoms with Crippen LogP contribution in [0.5, 0.6) is 23.0 Å². The van der Waals surface area contributed by atoms with Crippen molar-refractivity contribution in [2.24, 2.45) is 0 Å². The normalized spacial score (nSPS) is 13.3. The van der Waals surface area contributed by atoms with E-state index >= 15 is 0 Å². The lowest BCUT2D eigenvalue weighted by atomic mass is 9.31. The van der Waals surface area contributed by atoms with Crippen LogP contribution >= 0.6 is 0 Å². The summed E-state index contributed by atoms with van der Waals surface area (Å²) in [6.07, 6.45) is 7.94. The first-order valence-electron chi connectivity index (χ1n) is 25.6. The Balaban J connectivity index is 1.07. The SMILES string of the molecule is C=C/C=C\C=C(/C)N(c1ccccc1)c1cc2c3c(c1)N(c1ccccc1)c1cc4c(cc1B3c1ccccc1O2)B1c2ccccc2Oc2cc(N(c3ccccc3)c3ccccc3)cc(c21)N4c1ccccc1. The summed E-state index contributed by atoms with van der Waals surface area (Å²) in [6.45, 7) is 5.79. The van der Waals surface area contributed by atoms with Gasteiger partial charge in [0.15, 0.2) is 0 Å². The van der Waals surface area contributed by atoms with E-state index in [2.05, 4.69) is 276 Å². The Labute approximate surface area is 438 Å². The quantitative estimate of drug-likeness (QED) is 0.100. The first kappa shape index (κ1) is 44.1. The van der Waals surface area contributed by atoms with Crippen molar-refractivity contribution in [1.29, 1.82) is 0 Å². The van der Waals surface area contributed by atoms with E-state index in [0.717, 1.165) is 113 Å². The third-order valence-electron chi connectivity index (χ3n) is 15.0. The topological polar surface area (TPSA) is 31.4 Å². The molecule has 4 aliphatic heterocycles. The summed E-state index contributed by atoms with van der Waals surface area (Å²) >= 11 is 0. The summed E-state index contributed by atoms with van der Waals surface area (Å²) in [6, 6.07) is 84.8. The van der Waals surface area contributed by atoms with Gasteiger partial charge in [-0.3, -0.25) is 0 Å². The molecule has 0 N–H and O–H groups in total. The van der Waals surface area contributed by atoms with Crippen LogP contribution in [0, 0.1) is 0 Å². The van der Waals surface area contributed by atoms with Crippen molar-refractivity contribution < 1.29 is 9.47 Å². The Kier molecular flexibility index (Phi) is 10.7. The van der Waals surface area contributed by atoms with Gasteiger partial charge in [-0.15, -0.1) is 0 Å². The fourth-order valence-electron chi connectivity index (χ4n) is 11.9. The minimum absolute atomic E-state index is 0.149. The number of allylic oxidation sites excluding steroid dienone is 5. The van der Waals surface area contributed by atoms with Crippen molar-refractivity contribution in [3.63, 3.8) is 0 Å². The first-order valence-corrected chi connectivity index (χ1v) is 25.6. The van der Waals surface area contributed by atoms with E-state index in [1.165, 1.54) is 10.9 Å². The molecule has 10 aromatic rings. The number of para-hydroxylation sites is 7. The third-order valence-corrected chi connectivity index (χ3v) is 15.0. The molecule has 0 bridgehead atoms. The average Bonchev–Trinajstić information content (AvgIpc) is 3.51. The van der Waals surface area contributed by atoms with Gasteiger partial charge in [0, 0.05) is 69.0 Å². The molecule has 0 spiro atoms. The third kappa shape index (κ3) is 7.28. The van der Waals surface area contributed by atoms with Crippen LogP contribution in [0.3, 0.4) is 0 Å². The second-order valence-electron chi connectivity index (χ2n) is 19.3. The predicted octanol–water partition coefficient (Wildman–Crippen LogP) is 13.8. The van der Waals surface area contributed by atoms with Gasteiger partial charge in [-0.05, 0) is 137 Å². The second kappa shape index (κ2) is 18.1. The molecular weight excluding hydrogens is 914 g/mol. The largest absolute Gasteiger partial charge is 0.458 e. The number of fused-ring (bicyclic) bond motifs is 8. The van der Waals surface area contributed by atoms with Gasteiger partial charge in [0.1, 0.15) is 23.0 Å². The molecule has 0 radical (unpaired) electrons.